The fourth-order valence-corrected chi connectivity index (χ4v) is 2.42. The molecule has 1 aromatic rings. The van der Waals surface area contributed by atoms with Crippen LogP contribution in [-0.4, -0.2) is 17.0 Å². The zero-order chi connectivity index (χ0) is 12.0. The van der Waals surface area contributed by atoms with Crippen LogP contribution >= 0.6 is 11.8 Å². The van der Waals surface area contributed by atoms with Gasteiger partial charge in [0.05, 0.1) is 0 Å². The third kappa shape index (κ3) is 6.03. The largest absolute Gasteiger partial charge is 0.399 e. The van der Waals surface area contributed by atoms with Gasteiger partial charge < -0.3 is 11.5 Å². The van der Waals surface area contributed by atoms with Gasteiger partial charge in [-0.1, -0.05) is 12.1 Å². The molecular weight excluding hydrogens is 216 g/mol. The maximum atomic E-state index is 5.91. The predicted molar refractivity (Wildman–Crippen MR) is 74.8 cm³/mol. The average molecular weight is 238 g/mol. The number of hydrogen-bond acceptors (Lipinski definition) is 3. The van der Waals surface area contributed by atoms with Gasteiger partial charge in [0.15, 0.2) is 0 Å². The Hall–Kier alpha value is -0.670. The van der Waals surface area contributed by atoms with Crippen molar-refractivity contribution in [2.45, 2.75) is 32.2 Å². The van der Waals surface area contributed by atoms with E-state index in [2.05, 4.69) is 26.0 Å². The van der Waals surface area contributed by atoms with Crippen LogP contribution in [0.1, 0.15) is 25.8 Å². The molecule has 16 heavy (non-hydrogen) atoms. The second-order valence-corrected chi connectivity index (χ2v) is 5.99. The maximum Gasteiger partial charge on any atom is 0.0314 e. The minimum Gasteiger partial charge on any atom is -0.399 e. The highest BCUT2D eigenvalue weighted by Gasteiger charge is 2.09. The van der Waals surface area contributed by atoms with Crippen molar-refractivity contribution in [1.82, 2.24) is 0 Å². The number of anilines is 1. The number of rotatable bonds is 6. The summed E-state index contributed by atoms with van der Waals surface area (Å²) < 4.78 is 0. The lowest BCUT2D eigenvalue weighted by Crippen LogP contribution is -2.34. The minimum atomic E-state index is -0.0497. The summed E-state index contributed by atoms with van der Waals surface area (Å²) in [6.45, 7) is 4.14. The predicted octanol–water partition coefficient (Wildman–Crippen LogP) is 2.67. The van der Waals surface area contributed by atoms with Crippen LogP contribution in [0.2, 0.25) is 0 Å². The third-order valence-corrected chi connectivity index (χ3v) is 3.73. The molecule has 0 atom stereocenters. The van der Waals surface area contributed by atoms with E-state index in [0.717, 1.165) is 17.9 Å². The molecular formula is C13H22N2S. The van der Waals surface area contributed by atoms with Crippen LogP contribution < -0.4 is 11.5 Å². The summed E-state index contributed by atoms with van der Waals surface area (Å²) >= 11 is 1.93. The Kier molecular flexibility index (Phi) is 5.16. The summed E-state index contributed by atoms with van der Waals surface area (Å²) in [5.74, 6) is 2.19. The van der Waals surface area contributed by atoms with Crippen LogP contribution in [-0.2, 0) is 6.42 Å². The maximum absolute atomic E-state index is 5.91. The first kappa shape index (κ1) is 13.4. The standard InChI is InChI=1S/C13H22N2S/c1-13(2,15)10-16-9-3-4-11-5-7-12(14)8-6-11/h5-8H,3-4,9-10,14-15H2,1-2H3. The molecule has 0 unspecified atom stereocenters. The SMILES string of the molecule is CC(C)(N)CSCCCc1ccc(N)cc1. The van der Waals surface area contributed by atoms with E-state index in [1.165, 1.54) is 17.7 Å². The molecule has 0 spiro atoms. The highest BCUT2D eigenvalue weighted by molar-refractivity contribution is 7.99. The second-order valence-electron chi connectivity index (χ2n) is 4.89. The van der Waals surface area contributed by atoms with Crippen molar-refractivity contribution in [2.24, 2.45) is 5.73 Å². The van der Waals surface area contributed by atoms with Gasteiger partial charge in [0, 0.05) is 17.0 Å². The van der Waals surface area contributed by atoms with Crippen molar-refractivity contribution in [3.05, 3.63) is 29.8 Å². The summed E-state index contributed by atoms with van der Waals surface area (Å²) in [5, 5.41) is 0. The average Bonchev–Trinajstić information content (AvgIpc) is 2.19. The van der Waals surface area contributed by atoms with Crippen LogP contribution in [0.3, 0.4) is 0 Å². The molecule has 1 rings (SSSR count). The number of hydrogen-bond donors (Lipinski definition) is 2. The smallest absolute Gasteiger partial charge is 0.0314 e. The van der Waals surface area contributed by atoms with Gasteiger partial charge in [-0.2, -0.15) is 11.8 Å². The Morgan fingerprint density at radius 3 is 2.38 bits per heavy atom. The normalized spacial score (nSPS) is 11.7. The van der Waals surface area contributed by atoms with Gasteiger partial charge in [-0.05, 0) is 50.1 Å². The Morgan fingerprint density at radius 1 is 1.19 bits per heavy atom. The summed E-state index contributed by atoms with van der Waals surface area (Å²) in [5.41, 5.74) is 13.7. The first-order valence-corrected chi connectivity index (χ1v) is 6.84. The lowest BCUT2D eigenvalue weighted by atomic mass is 10.1. The molecule has 0 aromatic heterocycles. The van der Waals surface area contributed by atoms with Crippen LogP contribution in [0.5, 0.6) is 0 Å². The van der Waals surface area contributed by atoms with Crippen LogP contribution in [0.15, 0.2) is 24.3 Å². The van der Waals surface area contributed by atoms with Gasteiger partial charge in [-0.3, -0.25) is 0 Å². The van der Waals surface area contributed by atoms with Crippen LogP contribution in [0.25, 0.3) is 0 Å². The van der Waals surface area contributed by atoms with E-state index in [1.54, 1.807) is 0 Å². The number of nitrogen functional groups attached to an aromatic ring is 1. The Morgan fingerprint density at radius 2 is 1.81 bits per heavy atom. The molecule has 0 heterocycles. The molecule has 0 saturated carbocycles. The van der Waals surface area contributed by atoms with Gasteiger partial charge in [0.25, 0.3) is 0 Å². The molecule has 0 aliphatic heterocycles. The molecule has 0 radical (unpaired) electrons. The van der Waals surface area contributed by atoms with Crippen molar-refractivity contribution in [2.75, 3.05) is 17.2 Å². The van der Waals surface area contributed by atoms with E-state index in [0.29, 0.717) is 0 Å². The molecule has 4 N–H and O–H groups in total. The van der Waals surface area contributed by atoms with E-state index in [4.69, 9.17) is 11.5 Å². The minimum absolute atomic E-state index is 0.0497. The zero-order valence-electron chi connectivity index (χ0n) is 10.2. The lowest BCUT2D eigenvalue weighted by molar-refractivity contribution is 0.591. The van der Waals surface area contributed by atoms with Crippen molar-refractivity contribution in [1.29, 1.82) is 0 Å². The van der Waals surface area contributed by atoms with Crippen LogP contribution in [0.4, 0.5) is 5.69 Å². The molecule has 0 aliphatic carbocycles. The zero-order valence-corrected chi connectivity index (χ0v) is 11.0. The van der Waals surface area contributed by atoms with Gasteiger partial charge >= 0.3 is 0 Å². The van der Waals surface area contributed by atoms with Crippen molar-refractivity contribution in [3.63, 3.8) is 0 Å². The molecule has 90 valence electrons. The second kappa shape index (κ2) is 6.16. The molecule has 0 fully saturated rings. The molecule has 2 nitrogen and oxygen atoms in total. The molecule has 1 aromatic carbocycles. The summed E-state index contributed by atoms with van der Waals surface area (Å²) in [6, 6.07) is 8.14. The van der Waals surface area contributed by atoms with E-state index >= 15 is 0 Å². The van der Waals surface area contributed by atoms with E-state index in [9.17, 15) is 0 Å². The van der Waals surface area contributed by atoms with Crippen molar-refractivity contribution < 1.29 is 0 Å². The molecule has 3 heteroatoms. The number of aryl methyl sites for hydroxylation is 1. The molecule has 0 bridgehead atoms. The summed E-state index contributed by atoms with van der Waals surface area (Å²) in [6.07, 6.45) is 2.32. The highest BCUT2D eigenvalue weighted by Crippen LogP contribution is 2.13. The van der Waals surface area contributed by atoms with Gasteiger partial charge in [0.1, 0.15) is 0 Å². The third-order valence-electron chi connectivity index (χ3n) is 2.21. The number of thioether (sulfide) groups is 1. The van der Waals surface area contributed by atoms with Crippen molar-refractivity contribution in [3.8, 4) is 0 Å². The van der Waals surface area contributed by atoms with Crippen LogP contribution in [0, 0.1) is 0 Å². The number of nitrogens with two attached hydrogens (primary N) is 2. The number of benzene rings is 1. The quantitative estimate of drug-likeness (QED) is 0.592. The van der Waals surface area contributed by atoms with E-state index in [1.807, 2.05) is 23.9 Å². The monoisotopic (exact) mass is 238 g/mol. The van der Waals surface area contributed by atoms with E-state index in [-0.39, 0.29) is 5.54 Å². The first-order chi connectivity index (χ1) is 7.47. The van der Waals surface area contributed by atoms with E-state index < -0.39 is 0 Å². The van der Waals surface area contributed by atoms with Gasteiger partial charge in [-0.15, -0.1) is 0 Å². The molecule has 0 saturated heterocycles. The molecule has 0 amide bonds. The first-order valence-electron chi connectivity index (χ1n) is 5.68. The lowest BCUT2D eigenvalue weighted by Gasteiger charge is -2.17. The highest BCUT2D eigenvalue weighted by atomic mass is 32.2. The summed E-state index contributed by atoms with van der Waals surface area (Å²) in [7, 11) is 0. The van der Waals surface area contributed by atoms with Crippen molar-refractivity contribution >= 4 is 17.4 Å². The Labute approximate surface area is 103 Å². The summed E-state index contributed by atoms with van der Waals surface area (Å²) in [4.78, 5) is 0. The topological polar surface area (TPSA) is 52.0 Å². The fourth-order valence-electron chi connectivity index (χ4n) is 1.40. The van der Waals surface area contributed by atoms with Gasteiger partial charge in [0.2, 0.25) is 0 Å². The Bertz CT molecular complexity index is 301. The van der Waals surface area contributed by atoms with Gasteiger partial charge in [-0.25, -0.2) is 0 Å². The molecule has 0 aliphatic rings. The fraction of sp³-hybridized carbons (Fsp3) is 0.538. The Balaban J connectivity index is 2.14.